The van der Waals surface area contributed by atoms with Crippen LogP contribution in [-0.4, -0.2) is 18.3 Å². The van der Waals surface area contributed by atoms with Gasteiger partial charge in [-0.25, -0.2) is 0 Å². The van der Waals surface area contributed by atoms with E-state index in [1.165, 1.54) is 0 Å². The zero-order valence-electron chi connectivity index (χ0n) is 5.01. The summed E-state index contributed by atoms with van der Waals surface area (Å²) in [5, 5.41) is 0.407. The first kappa shape index (κ1) is 8.27. The summed E-state index contributed by atoms with van der Waals surface area (Å²) < 4.78 is 0. The predicted molar refractivity (Wildman–Crippen MR) is 40.1 cm³/mol. The Bertz CT molecular complexity index is 43.7. The summed E-state index contributed by atoms with van der Waals surface area (Å²) in [6.45, 7) is 1.43. The quantitative estimate of drug-likeness (QED) is 0.473. The van der Waals surface area contributed by atoms with Crippen molar-refractivity contribution in [2.45, 2.75) is 18.1 Å². The van der Waals surface area contributed by atoms with Crippen LogP contribution in [0.3, 0.4) is 0 Å². The van der Waals surface area contributed by atoms with Crippen molar-refractivity contribution in [2.24, 2.45) is 11.5 Å². The minimum absolute atomic E-state index is 0.407. The molecule has 2 nitrogen and oxygen atoms in total. The predicted octanol–water partition coefficient (Wildman–Crippen LogP) is -0.0176. The van der Waals surface area contributed by atoms with E-state index in [9.17, 15) is 0 Å². The maximum atomic E-state index is 5.27. The molecule has 0 aliphatic heterocycles. The van der Waals surface area contributed by atoms with E-state index in [0.717, 1.165) is 12.8 Å². The molecule has 0 unspecified atom stereocenters. The molecule has 0 aromatic carbocycles. The molecule has 0 atom stereocenters. The van der Waals surface area contributed by atoms with Gasteiger partial charge in [0.15, 0.2) is 0 Å². The first-order chi connectivity index (χ1) is 3.81. The Morgan fingerprint density at radius 3 is 1.75 bits per heavy atom. The van der Waals surface area contributed by atoms with Gasteiger partial charge in [-0.15, -0.1) is 0 Å². The van der Waals surface area contributed by atoms with Crippen LogP contribution in [0.15, 0.2) is 0 Å². The fraction of sp³-hybridized carbons (Fsp3) is 1.00. The fourth-order valence-corrected chi connectivity index (χ4v) is 0.827. The molecule has 0 bridgehead atoms. The van der Waals surface area contributed by atoms with Crippen LogP contribution < -0.4 is 11.5 Å². The van der Waals surface area contributed by atoms with Gasteiger partial charge >= 0.3 is 0 Å². The van der Waals surface area contributed by atoms with Crippen LogP contribution >= 0.6 is 12.6 Å². The SMILES string of the molecule is NCCC(S)CCN. The van der Waals surface area contributed by atoms with E-state index in [1.54, 1.807) is 0 Å². The van der Waals surface area contributed by atoms with Crippen LogP contribution in [-0.2, 0) is 0 Å². The molecule has 3 heteroatoms. The molecular formula is C5H14N2S. The minimum atomic E-state index is 0.407. The fourth-order valence-electron chi connectivity index (χ4n) is 0.529. The van der Waals surface area contributed by atoms with E-state index < -0.39 is 0 Å². The third-order valence-corrected chi connectivity index (χ3v) is 1.52. The van der Waals surface area contributed by atoms with Crippen molar-refractivity contribution in [1.29, 1.82) is 0 Å². The Labute approximate surface area is 56.0 Å². The van der Waals surface area contributed by atoms with Crippen LogP contribution in [0.25, 0.3) is 0 Å². The lowest BCUT2D eigenvalue weighted by atomic mass is 10.2. The number of hydrogen-bond donors (Lipinski definition) is 3. The average molecular weight is 134 g/mol. The largest absolute Gasteiger partial charge is 0.330 e. The van der Waals surface area contributed by atoms with Crippen LogP contribution in [0.1, 0.15) is 12.8 Å². The van der Waals surface area contributed by atoms with Crippen molar-refractivity contribution >= 4 is 12.6 Å². The molecule has 0 spiro atoms. The average Bonchev–Trinajstić information content (AvgIpc) is 1.68. The topological polar surface area (TPSA) is 52.0 Å². The van der Waals surface area contributed by atoms with Gasteiger partial charge in [0, 0.05) is 5.25 Å². The van der Waals surface area contributed by atoms with Crippen molar-refractivity contribution in [3.05, 3.63) is 0 Å². The van der Waals surface area contributed by atoms with Crippen molar-refractivity contribution in [1.82, 2.24) is 0 Å². The van der Waals surface area contributed by atoms with Crippen LogP contribution in [0.4, 0.5) is 0 Å². The van der Waals surface area contributed by atoms with Gasteiger partial charge in [-0.3, -0.25) is 0 Å². The molecule has 0 amide bonds. The molecule has 0 heterocycles. The molecule has 0 saturated carbocycles. The second-order valence-corrected chi connectivity index (χ2v) is 2.54. The normalized spacial score (nSPS) is 10.5. The van der Waals surface area contributed by atoms with E-state index in [-0.39, 0.29) is 0 Å². The Balaban J connectivity index is 2.92. The highest BCUT2D eigenvalue weighted by Gasteiger charge is 1.97. The second-order valence-electron chi connectivity index (χ2n) is 1.81. The summed E-state index contributed by atoms with van der Waals surface area (Å²) in [6.07, 6.45) is 1.95. The van der Waals surface area contributed by atoms with Crippen molar-refractivity contribution < 1.29 is 0 Å². The summed E-state index contributed by atoms with van der Waals surface area (Å²) in [5.41, 5.74) is 10.5. The highest BCUT2D eigenvalue weighted by atomic mass is 32.1. The van der Waals surface area contributed by atoms with E-state index in [0.29, 0.717) is 18.3 Å². The molecule has 4 N–H and O–H groups in total. The summed E-state index contributed by atoms with van der Waals surface area (Å²) in [6, 6.07) is 0. The van der Waals surface area contributed by atoms with E-state index in [2.05, 4.69) is 12.6 Å². The summed E-state index contributed by atoms with van der Waals surface area (Å²) in [5.74, 6) is 0. The smallest absolute Gasteiger partial charge is 0.00407 e. The van der Waals surface area contributed by atoms with Crippen LogP contribution in [0, 0.1) is 0 Å². The van der Waals surface area contributed by atoms with Crippen molar-refractivity contribution in [3.63, 3.8) is 0 Å². The van der Waals surface area contributed by atoms with Gasteiger partial charge in [-0.2, -0.15) is 12.6 Å². The molecule has 0 aromatic rings. The maximum absolute atomic E-state index is 5.27. The molecular weight excluding hydrogens is 120 g/mol. The summed E-state index contributed by atoms with van der Waals surface area (Å²) in [4.78, 5) is 0. The van der Waals surface area contributed by atoms with Gasteiger partial charge < -0.3 is 11.5 Å². The van der Waals surface area contributed by atoms with Gasteiger partial charge in [0.05, 0.1) is 0 Å². The van der Waals surface area contributed by atoms with Crippen LogP contribution in [0.5, 0.6) is 0 Å². The zero-order valence-corrected chi connectivity index (χ0v) is 5.90. The van der Waals surface area contributed by atoms with Crippen molar-refractivity contribution in [3.8, 4) is 0 Å². The zero-order chi connectivity index (χ0) is 6.41. The van der Waals surface area contributed by atoms with E-state index >= 15 is 0 Å². The molecule has 0 fully saturated rings. The molecule has 0 aliphatic rings. The third kappa shape index (κ3) is 4.43. The monoisotopic (exact) mass is 134 g/mol. The Kier molecular flexibility index (Phi) is 5.59. The highest BCUT2D eigenvalue weighted by molar-refractivity contribution is 7.80. The first-order valence-electron chi connectivity index (χ1n) is 2.89. The molecule has 0 aliphatic carbocycles. The Hall–Kier alpha value is 0.270. The lowest BCUT2D eigenvalue weighted by molar-refractivity contribution is 0.716. The van der Waals surface area contributed by atoms with Crippen LogP contribution in [0.2, 0.25) is 0 Å². The molecule has 0 rings (SSSR count). The van der Waals surface area contributed by atoms with E-state index in [1.807, 2.05) is 0 Å². The minimum Gasteiger partial charge on any atom is -0.330 e. The molecule has 50 valence electrons. The van der Waals surface area contributed by atoms with Gasteiger partial charge in [-0.05, 0) is 25.9 Å². The van der Waals surface area contributed by atoms with E-state index in [4.69, 9.17) is 11.5 Å². The lowest BCUT2D eigenvalue weighted by Crippen LogP contribution is -2.12. The Morgan fingerprint density at radius 1 is 1.12 bits per heavy atom. The summed E-state index contributed by atoms with van der Waals surface area (Å²) in [7, 11) is 0. The lowest BCUT2D eigenvalue weighted by Gasteiger charge is -2.04. The third-order valence-electron chi connectivity index (χ3n) is 1.000. The number of hydrogen-bond acceptors (Lipinski definition) is 3. The molecule has 8 heavy (non-hydrogen) atoms. The first-order valence-corrected chi connectivity index (χ1v) is 3.41. The Morgan fingerprint density at radius 2 is 1.50 bits per heavy atom. The highest BCUT2D eigenvalue weighted by Crippen LogP contribution is 2.02. The molecule has 0 saturated heterocycles. The van der Waals surface area contributed by atoms with Gasteiger partial charge in [0.25, 0.3) is 0 Å². The second kappa shape index (κ2) is 5.41. The number of rotatable bonds is 4. The standard InChI is InChI=1S/C5H14N2S/c6-3-1-5(8)2-4-7/h5,8H,1-4,6-7H2. The molecule has 0 radical (unpaired) electrons. The van der Waals surface area contributed by atoms with Gasteiger partial charge in [-0.1, -0.05) is 0 Å². The number of thiol groups is 1. The van der Waals surface area contributed by atoms with Gasteiger partial charge in [0.1, 0.15) is 0 Å². The summed E-state index contributed by atoms with van der Waals surface area (Å²) >= 11 is 4.23. The van der Waals surface area contributed by atoms with Crippen molar-refractivity contribution in [2.75, 3.05) is 13.1 Å². The molecule has 0 aromatic heterocycles. The maximum Gasteiger partial charge on any atom is 0.00407 e. The number of nitrogens with two attached hydrogens (primary N) is 2. The van der Waals surface area contributed by atoms with Gasteiger partial charge in [0.2, 0.25) is 0 Å².